The van der Waals surface area contributed by atoms with E-state index in [-0.39, 0.29) is 23.3 Å². The third-order valence-electron chi connectivity index (χ3n) is 4.60. The number of hydrogen-bond donors (Lipinski definition) is 0. The number of fused-ring (bicyclic) bond motifs is 1. The SMILES string of the molecule is CC(C)c1c(C(C)C)n(C(C)C)c2nc(-c3ccncc3)ncc2c1=O. The summed E-state index contributed by atoms with van der Waals surface area (Å²) < 4.78 is 2.21. The van der Waals surface area contributed by atoms with Crippen LogP contribution in [0, 0.1) is 0 Å². The largest absolute Gasteiger partial charge is 0.326 e. The van der Waals surface area contributed by atoms with Gasteiger partial charge in [-0.05, 0) is 37.8 Å². The Morgan fingerprint density at radius 2 is 1.62 bits per heavy atom. The number of hydrogen-bond acceptors (Lipinski definition) is 4. The molecule has 0 unspecified atom stereocenters. The third kappa shape index (κ3) is 3.02. The molecule has 0 aromatic carbocycles. The Morgan fingerprint density at radius 1 is 0.962 bits per heavy atom. The number of pyridine rings is 2. The Hall–Kier alpha value is -2.56. The summed E-state index contributed by atoms with van der Waals surface area (Å²) >= 11 is 0. The standard InChI is InChI=1S/C21H26N4O/c1-12(2)17-18(13(3)4)25(14(5)6)21-16(19(17)26)11-23-20(24-21)15-7-9-22-10-8-15/h7-14H,1-6H3. The molecule has 0 bridgehead atoms. The Balaban J connectivity index is 2.45. The minimum absolute atomic E-state index is 0.0527. The highest BCUT2D eigenvalue weighted by Gasteiger charge is 2.23. The van der Waals surface area contributed by atoms with Gasteiger partial charge >= 0.3 is 0 Å². The van der Waals surface area contributed by atoms with E-state index in [0.717, 1.165) is 16.8 Å². The summed E-state index contributed by atoms with van der Waals surface area (Å²) in [4.78, 5) is 26.5. The molecule has 26 heavy (non-hydrogen) atoms. The summed E-state index contributed by atoms with van der Waals surface area (Å²) in [6.45, 7) is 12.7. The first-order chi connectivity index (χ1) is 12.3. The molecule has 0 N–H and O–H groups in total. The Morgan fingerprint density at radius 3 is 2.15 bits per heavy atom. The smallest absolute Gasteiger partial charge is 0.196 e. The predicted molar refractivity (Wildman–Crippen MR) is 106 cm³/mol. The van der Waals surface area contributed by atoms with E-state index in [1.165, 1.54) is 0 Å². The van der Waals surface area contributed by atoms with Crippen LogP contribution in [0.5, 0.6) is 0 Å². The lowest BCUT2D eigenvalue weighted by Gasteiger charge is -2.26. The van der Waals surface area contributed by atoms with Gasteiger partial charge in [-0.25, -0.2) is 9.97 Å². The molecule has 0 saturated heterocycles. The molecule has 0 radical (unpaired) electrons. The van der Waals surface area contributed by atoms with Gasteiger partial charge in [-0.2, -0.15) is 0 Å². The highest BCUT2D eigenvalue weighted by molar-refractivity contribution is 5.78. The molecule has 0 spiro atoms. The molecule has 0 aliphatic rings. The second kappa shape index (κ2) is 6.98. The molecule has 5 heteroatoms. The van der Waals surface area contributed by atoms with E-state index < -0.39 is 0 Å². The van der Waals surface area contributed by atoms with Gasteiger partial charge in [-0.3, -0.25) is 9.78 Å². The molecule has 3 aromatic heterocycles. The first kappa shape index (κ1) is 18.2. The Labute approximate surface area is 154 Å². The molecule has 0 atom stereocenters. The van der Waals surface area contributed by atoms with Crippen molar-refractivity contribution < 1.29 is 0 Å². The van der Waals surface area contributed by atoms with Gasteiger partial charge < -0.3 is 4.57 Å². The first-order valence-corrected chi connectivity index (χ1v) is 9.18. The van der Waals surface area contributed by atoms with Crippen LogP contribution in [0.3, 0.4) is 0 Å². The van der Waals surface area contributed by atoms with Crippen molar-refractivity contribution in [2.24, 2.45) is 0 Å². The molecular formula is C21H26N4O. The fourth-order valence-electron chi connectivity index (χ4n) is 3.53. The van der Waals surface area contributed by atoms with Crippen molar-refractivity contribution in [3.8, 4) is 11.4 Å². The summed E-state index contributed by atoms with van der Waals surface area (Å²) in [7, 11) is 0. The average molecular weight is 350 g/mol. The molecule has 3 heterocycles. The maximum atomic E-state index is 13.2. The summed E-state index contributed by atoms with van der Waals surface area (Å²) in [5.74, 6) is 0.987. The summed E-state index contributed by atoms with van der Waals surface area (Å²) in [5.41, 5.74) is 3.61. The maximum absolute atomic E-state index is 13.2. The van der Waals surface area contributed by atoms with E-state index in [1.807, 2.05) is 12.1 Å². The third-order valence-corrected chi connectivity index (χ3v) is 4.60. The van der Waals surface area contributed by atoms with E-state index in [9.17, 15) is 4.79 Å². The number of aromatic nitrogens is 4. The quantitative estimate of drug-likeness (QED) is 0.685. The van der Waals surface area contributed by atoms with Crippen molar-refractivity contribution in [2.45, 2.75) is 59.4 Å². The summed E-state index contributed by atoms with van der Waals surface area (Å²) in [5, 5.41) is 0.588. The van der Waals surface area contributed by atoms with Gasteiger partial charge in [0, 0.05) is 41.5 Å². The fraction of sp³-hybridized carbons (Fsp3) is 0.429. The van der Waals surface area contributed by atoms with E-state index in [0.29, 0.717) is 16.9 Å². The van der Waals surface area contributed by atoms with Crippen LogP contribution in [0.1, 0.15) is 70.7 Å². The molecule has 0 aliphatic heterocycles. The maximum Gasteiger partial charge on any atom is 0.196 e. The number of nitrogens with zero attached hydrogens (tertiary/aromatic N) is 4. The lowest BCUT2D eigenvalue weighted by Crippen LogP contribution is -2.25. The zero-order valence-corrected chi connectivity index (χ0v) is 16.3. The molecule has 3 aromatic rings. The minimum Gasteiger partial charge on any atom is -0.326 e. The first-order valence-electron chi connectivity index (χ1n) is 9.18. The van der Waals surface area contributed by atoms with Gasteiger partial charge in [-0.15, -0.1) is 0 Å². The Kier molecular flexibility index (Phi) is 4.90. The molecule has 0 fully saturated rings. The van der Waals surface area contributed by atoms with Crippen LogP contribution in [-0.2, 0) is 0 Å². The van der Waals surface area contributed by atoms with E-state index >= 15 is 0 Å². The molecule has 3 rings (SSSR count). The van der Waals surface area contributed by atoms with Gasteiger partial charge in [-0.1, -0.05) is 27.7 Å². The van der Waals surface area contributed by atoms with Crippen molar-refractivity contribution in [1.82, 2.24) is 19.5 Å². The predicted octanol–water partition coefficient (Wildman–Crippen LogP) is 4.68. The summed E-state index contributed by atoms with van der Waals surface area (Å²) in [6, 6.07) is 3.95. The van der Waals surface area contributed by atoms with Gasteiger partial charge in [0.25, 0.3) is 0 Å². The summed E-state index contributed by atoms with van der Waals surface area (Å²) in [6.07, 6.45) is 5.12. The van der Waals surface area contributed by atoms with Crippen molar-refractivity contribution in [2.75, 3.05) is 0 Å². The van der Waals surface area contributed by atoms with Crippen LogP contribution >= 0.6 is 0 Å². The second-order valence-corrected chi connectivity index (χ2v) is 7.57. The van der Waals surface area contributed by atoms with Gasteiger partial charge in [0.15, 0.2) is 11.3 Å². The van der Waals surface area contributed by atoms with Crippen LogP contribution in [0.4, 0.5) is 0 Å². The molecule has 136 valence electrons. The Bertz CT molecular complexity index is 988. The van der Waals surface area contributed by atoms with Gasteiger partial charge in [0.2, 0.25) is 0 Å². The lowest BCUT2D eigenvalue weighted by molar-refractivity contribution is 0.554. The normalized spacial score (nSPS) is 11.9. The van der Waals surface area contributed by atoms with Crippen molar-refractivity contribution >= 4 is 11.0 Å². The van der Waals surface area contributed by atoms with Crippen LogP contribution in [0.15, 0.2) is 35.5 Å². The monoisotopic (exact) mass is 350 g/mol. The van der Waals surface area contributed by atoms with Crippen LogP contribution < -0.4 is 5.43 Å². The highest BCUT2D eigenvalue weighted by atomic mass is 16.1. The lowest BCUT2D eigenvalue weighted by atomic mass is 9.93. The van der Waals surface area contributed by atoms with Crippen molar-refractivity contribution in [3.05, 3.63) is 52.2 Å². The molecule has 5 nitrogen and oxygen atoms in total. The fourth-order valence-corrected chi connectivity index (χ4v) is 3.53. The zero-order chi connectivity index (χ0) is 19.0. The molecule has 0 saturated carbocycles. The van der Waals surface area contributed by atoms with E-state index in [2.05, 4.69) is 56.1 Å². The minimum atomic E-state index is 0.0527. The van der Waals surface area contributed by atoms with E-state index in [4.69, 9.17) is 4.98 Å². The van der Waals surface area contributed by atoms with Crippen molar-refractivity contribution in [1.29, 1.82) is 0 Å². The van der Waals surface area contributed by atoms with Crippen LogP contribution in [-0.4, -0.2) is 19.5 Å². The zero-order valence-electron chi connectivity index (χ0n) is 16.3. The average Bonchev–Trinajstić information content (AvgIpc) is 2.61. The molecular weight excluding hydrogens is 324 g/mol. The van der Waals surface area contributed by atoms with Gasteiger partial charge in [0.05, 0.1) is 5.39 Å². The van der Waals surface area contributed by atoms with E-state index in [1.54, 1.807) is 18.6 Å². The topological polar surface area (TPSA) is 60.7 Å². The van der Waals surface area contributed by atoms with Crippen LogP contribution in [0.25, 0.3) is 22.4 Å². The molecule has 0 aliphatic carbocycles. The van der Waals surface area contributed by atoms with Gasteiger partial charge in [0.1, 0.15) is 5.65 Å². The number of rotatable bonds is 4. The second-order valence-electron chi connectivity index (χ2n) is 7.57. The highest BCUT2D eigenvalue weighted by Crippen LogP contribution is 2.30. The van der Waals surface area contributed by atoms with Crippen molar-refractivity contribution in [3.63, 3.8) is 0 Å². The van der Waals surface area contributed by atoms with Crippen LogP contribution in [0.2, 0.25) is 0 Å². The molecule has 0 amide bonds.